The zero-order valence-corrected chi connectivity index (χ0v) is 12.4. The van der Waals surface area contributed by atoms with Gasteiger partial charge in [0.1, 0.15) is 11.6 Å². The molecule has 2 aromatic rings. The van der Waals surface area contributed by atoms with Crippen LogP contribution in [0.2, 0.25) is 0 Å². The first-order valence-corrected chi connectivity index (χ1v) is 6.63. The van der Waals surface area contributed by atoms with Crippen molar-refractivity contribution < 1.29 is 9.13 Å². The molecule has 0 fully saturated rings. The Morgan fingerprint density at radius 2 is 1.79 bits per heavy atom. The molecule has 0 aliphatic carbocycles. The van der Waals surface area contributed by atoms with Crippen molar-refractivity contribution in [1.29, 1.82) is 0 Å². The average molecular weight is 324 g/mol. The van der Waals surface area contributed by atoms with E-state index in [2.05, 4.69) is 15.9 Å². The third-order valence-corrected chi connectivity index (χ3v) is 3.69. The zero-order chi connectivity index (χ0) is 14.0. The predicted molar refractivity (Wildman–Crippen MR) is 77.7 cm³/mol. The van der Waals surface area contributed by atoms with Gasteiger partial charge in [-0.3, -0.25) is 0 Å². The van der Waals surface area contributed by atoms with Crippen LogP contribution < -0.4 is 10.5 Å². The van der Waals surface area contributed by atoms with Gasteiger partial charge in [0.25, 0.3) is 0 Å². The summed E-state index contributed by atoms with van der Waals surface area (Å²) in [7, 11) is 1.55. The molecule has 0 aliphatic rings. The van der Waals surface area contributed by atoms with Crippen LogP contribution in [-0.4, -0.2) is 7.11 Å². The summed E-state index contributed by atoms with van der Waals surface area (Å²) in [5, 5.41) is 0. The summed E-state index contributed by atoms with van der Waals surface area (Å²) in [6, 6.07) is 12.0. The fourth-order valence-electron chi connectivity index (χ4n) is 2.04. The van der Waals surface area contributed by atoms with Gasteiger partial charge >= 0.3 is 0 Å². The number of halogens is 2. The van der Waals surface area contributed by atoms with E-state index in [9.17, 15) is 4.39 Å². The third kappa shape index (κ3) is 2.80. The number of hydrogen-bond donors (Lipinski definition) is 1. The lowest BCUT2D eigenvalue weighted by molar-refractivity contribution is 0.397. The van der Waals surface area contributed by atoms with Crippen LogP contribution in [0.5, 0.6) is 5.75 Å². The maximum Gasteiger partial charge on any atom is 0.124 e. The van der Waals surface area contributed by atoms with Crippen molar-refractivity contribution in [2.45, 2.75) is 12.5 Å². The maximum absolute atomic E-state index is 13.5. The minimum atomic E-state index is -0.825. The summed E-state index contributed by atoms with van der Waals surface area (Å²) in [5.41, 5.74) is 7.08. The maximum atomic E-state index is 13.5. The molecule has 0 saturated carbocycles. The molecule has 1 atom stereocenters. The van der Waals surface area contributed by atoms with Gasteiger partial charge in [0.2, 0.25) is 0 Å². The van der Waals surface area contributed by atoms with Crippen molar-refractivity contribution in [3.8, 4) is 5.75 Å². The summed E-state index contributed by atoms with van der Waals surface area (Å²) in [6.45, 7) is 1.84. The largest absolute Gasteiger partial charge is 0.496 e. The van der Waals surface area contributed by atoms with E-state index in [1.165, 1.54) is 12.1 Å². The minimum absolute atomic E-state index is 0.329. The van der Waals surface area contributed by atoms with Gasteiger partial charge in [-0.25, -0.2) is 4.39 Å². The Morgan fingerprint density at radius 3 is 2.37 bits per heavy atom. The molecule has 0 saturated heterocycles. The van der Waals surface area contributed by atoms with Crippen LogP contribution >= 0.6 is 15.9 Å². The van der Waals surface area contributed by atoms with Gasteiger partial charge < -0.3 is 10.5 Å². The van der Waals surface area contributed by atoms with Crippen molar-refractivity contribution in [3.63, 3.8) is 0 Å². The van der Waals surface area contributed by atoms with Crippen LogP contribution in [0, 0.1) is 5.82 Å². The molecular weight excluding hydrogens is 309 g/mol. The van der Waals surface area contributed by atoms with Gasteiger partial charge in [-0.15, -0.1) is 0 Å². The number of benzene rings is 2. The molecule has 100 valence electrons. The average Bonchev–Trinajstić information content (AvgIpc) is 2.39. The molecule has 0 bridgehead atoms. The van der Waals surface area contributed by atoms with Gasteiger partial charge in [0.05, 0.1) is 12.6 Å². The summed E-state index contributed by atoms with van der Waals surface area (Å²) in [6.07, 6.45) is 0. The number of rotatable bonds is 3. The van der Waals surface area contributed by atoms with E-state index < -0.39 is 5.54 Å². The van der Waals surface area contributed by atoms with Crippen LogP contribution in [0.25, 0.3) is 0 Å². The van der Waals surface area contributed by atoms with Crippen LogP contribution in [0.3, 0.4) is 0 Å². The Hall–Kier alpha value is -1.39. The molecular formula is C15H15BrFNO. The van der Waals surface area contributed by atoms with E-state index in [0.717, 1.165) is 10.0 Å². The van der Waals surface area contributed by atoms with Crippen LogP contribution in [0.1, 0.15) is 18.1 Å². The fourth-order valence-corrected chi connectivity index (χ4v) is 2.30. The lowest BCUT2D eigenvalue weighted by Crippen LogP contribution is -2.34. The molecule has 2 nitrogen and oxygen atoms in total. The van der Waals surface area contributed by atoms with Gasteiger partial charge in [0.15, 0.2) is 0 Å². The van der Waals surface area contributed by atoms with E-state index in [1.807, 2.05) is 31.2 Å². The van der Waals surface area contributed by atoms with E-state index in [-0.39, 0.29) is 5.82 Å². The smallest absolute Gasteiger partial charge is 0.124 e. The highest BCUT2D eigenvalue weighted by Crippen LogP contribution is 2.34. The molecule has 19 heavy (non-hydrogen) atoms. The summed E-state index contributed by atoms with van der Waals surface area (Å²) >= 11 is 3.38. The Bertz CT molecular complexity index is 581. The van der Waals surface area contributed by atoms with Crippen molar-refractivity contribution in [1.82, 2.24) is 0 Å². The molecule has 2 aromatic carbocycles. The van der Waals surface area contributed by atoms with Crippen molar-refractivity contribution in [2.24, 2.45) is 5.73 Å². The normalized spacial score (nSPS) is 13.9. The first kappa shape index (κ1) is 14.0. The highest BCUT2D eigenvalue weighted by atomic mass is 79.9. The molecule has 0 aromatic heterocycles. The zero-order valence-electron chi connectivity index (χ0n) is 10.8. The third-order valence-electron chi connectivity index (χ3n) is 3.16. The number of nitrogens with two attached hydrogens (primary N) is 1. The molecule has 2 rings (SSSR count). The highest BCUT2D eigenvalue weighted by Gasteiger charge is 2.27. The lowest BCUT2D eigenvalue weighted by Gasteiger charge is -2.27. The number of ether oxygens (including phenoxy) is 1. The molecule has 0 aliphatic heterocycles. The van der Waals surface area contributed by atoms with E-state index >= 15 is 0 Å². The molecule has 0 amide bonds. The van der Waals surface area contributed by atoms with Crippen LogP contribution in [-0.2, 0) is 5.54 Å². The first-order chi connectivity index (χ1) is 8.95. The van der Waals surface area contributed by atoms with Gasteiger partial charge in [-0.2, -0.15) is 0 Å². The second-order valence-electron chi connectivity index (χ2n) is 4.55. The topological polar surface area (TPSA) is 35.2 Å². The predicted octanol–water partition coefficient (Wildman–Crippen LogP) is 3.82. The SMILES string of the molecule is COc1ccc(F)cc1C(C)(N)c1ccc(Br)cc1. The lowest BCUT2D eigenvalue weighted by atomic mass is 9.85. The quantitative estimate of drug-likeness (QED) is 0.931. The Kier molecular flexibility index (Phi) is 3.92. The fraction of sp³-hybridized carbons (Fsp3) is 0.200. The van der Waals surface area contributed by atoms with Crippen molar-refractivity contribution >= 4 is 15.9 Å². The number of methoxy groups -OCH3 is 1. The summed E-state index contributed by atoms with van der Waals surface area (Å²) < 4.78 is 19.7. The Balaban J connectivity index is 2.55. The first-order valence-electron chi connectivity index (χ1n) is 5.84. The summed E-state index contributed by atoms with van der Waals surface area (Å²) in [4.78, 5) is 0. The monoisotopic (exact) mass is 323 g/mol. The Labute approximate surface area is 120 Å². The standard InChI is InChI=1S/C15H15BrFNO/c1-15(18,10-3-5-11(16)6-4-10)13-9-12(17)7-8-14(13)19-2/h3-9H,18H2,1-2H3. The summed E-state index contributed by atoms with van der Waals surface area (Å²) in [5.74, 6) is 0.249. The molecule has 0 heterocycles. The minimum Gasteiger partial charge on any atom is -0.496 e. The molecule has 0 spiro atoms. The van der Waals surface area contributed by atoms with Gasteiger partial charge in [0, 0.05) is 10.0 Å². The van der Waals surface area contributed by atoms with Gasteiger partial charge in [-0.05, 0) is 42.8 Å². The van der Waals surface area contributed by atoms with Crippen LogP contribution in [0.15, 0.2) is 46.9 Å². The molecule has 1 unspecified atom stereocenters. The van der Waals surface area contributed by atoms with E-state index in [1.54, 1.807) is 13.2 Å². The highest BCUT2D eigenvalue weighted by molar-refractivity contribution is 9.10. The van der Waals surface area contributed by atoms with E-state index in [4.69, 9.17) is 10.5 Å². The Morgan fingerprint density at radius 1 is 1.16 bits per heavy atom. The van der Waals surface area contributed by atoms with Crippen LogP contribution in [0.4, 0.5) is 4.39 Å². The van der Waals surface area contributed by atoms with E-state index in [0.29, 0.717) is 11.3 Å². The number of hydrogen-bond acceptors (Lipinski definition) is 2. The molecule has 0 radical (unpaired) electrons. The second kappa shape index (κ2) is 5.31. The van der Waals surface area contributed by atoms with Gasteiger partial charge in [-0.1, -0.05) is 28.1 Å². The molecule has 2 N–H and O–H groups in total. The van der Waals surface area contributed by atoms with Crippen molar-refractivity contribution in [2.75, 3.05) is 7.11 Å². The molecule has 4 heteroatoms. The van der Waals surface area contributed by atoms with Crippen molar-refractivity contribution in [3.05, 3.63) is 63.9 Å². The second-order valence-corrected chi connectivity index (χ2v) is 5.47.